The first-order chi connectivity index (χ1) is 12.0. The second-order valence-electron chi connectivity index (χ2n) is 5.79. The van der Waals surface area contributed by atoms with E-state index >= 15 is 0 Å². The average molecular weight is 374 g/mol. The molecule has 0 aliphatic heterocycles. The molecule has 3 aromatic rings. The van der Waals surface area contributed by atoms with Crippen LogP contribution in [0.2, 0.25) is 10.0 Å². The summed E-state index contributed by atoms with van der Waals surface area (Å²) in [5.41, 5.74) is 3.52. The van der Waals surface area contributed by atoms with Crippen LogP contribution in [0.1, 0.15) is 27.0 Å². The van der Waals surface area contributed by atoms with E-state index in [0.29, 0.717) is 28.0 Å². The van der Waals surface area contributed by atoms with Crippen LogP contribution < -0.4 is 5.32 Å². The highest BCUT2D eigenvalue weighted by Crippen LogP contribution is 2.26. The van der Waals surface area contributed by atoms with Crippen LogP contribution in [-0.2, 0) is 6.54 Å². The molecule has 0 atom stereocenters. The van der Waals surface area contributed by atoms with Gasteiger partial charge in [0.15, 0.2) is 0 Å². The van der Waals surface area contributed by atoms with Crippen LogP contribution >= 0.6 is 23.2 Å². The Balaban J connectivity index is 1.83. The third-order valence-electron chi connectivity index (χ3n) is 4.16. The number of hydrogen-bond acceptors (Lipinski definition) is 2. The molecule has 0 fully saturated rings. The van der Waals surface area contributed by atoms with E-state index in [1.165, 1.54) is 0 Å². The maximum absolute atomic E-state index is 12.6. The molecule has 0 radical (unpaired) electrons. The molecule has 0 unspecified atom stereocenters. The molecule has 0 saturated carbocycles. The van der Waals surface area contributed by atoms with Gasteiger partial charge in [0.1, 0.15) is 5.82 Å². The summed E-state index contributed by atoms with van der Waals surface area (Å²) in [5.74, 6) is 0.432. The van der Waals surface area contributed by atoms with Gasteiger partial charge in [0.25, 0.3) is 5.91 Å². The van der Waals surface area contributed by atoms with Crippen molar-refractivity contribution in [3.8, 4) is 0 Å². The molecular weight excluding hydrogens is 357 g/mol. The monoisotopic (exact) mass is 373 g/mol. The molecule has 0 aliphatic carbocycles. The molecule has 1 aromatic heterocycles. The summed E-state index contributed by atoms with van der Waals surface area (Å²) in [7, 11) is 0. The van der Waals surface area contributed by atoms with E-state index in [1.807, 2.05) is 44.2 Å². The van der Waals surface area contributed by atoms with Gasteiger partial charge < -0.3 is 5.32 Å². The minimum absolute atomic E-state index is 0.167. The summed E-state index contributed by atoms with van der Waals surface area (Å²) < 4.78 is 1.68. The van der Waals surface area contributed by atoms with E-state index in [9.17, 15) is 4.79 Å². The predicted octanol–water partition coefficient (Wildman–Crippen LogP) is 5.11. The van der Waals surface area contributed by atoms with Crippen LogP contribution in [-0.4, -0.2) is 15.7 Å². The van der Waals surface area contributed by atoms with E-state index in [2.05, 4.69) is 10.4 Å². The van der Waals surface area contributed by atoms with Crippen molar-refractivity contribution in [1.82, 2.24) is 9.78 Å². The highest BCUT2D eigenvalue weighted by Gasteiger charge is 2.14. The molecule has 1 N–H and O–H groups in total. The minimum Gasteiger partial charge on any atom is -0.307 e. The molecule has 0 aliphatic rings. The highest BCUT2D eigenvalue weighted by molar-refractivity contribution is 6.42. The van der Waals surface area contributed by atoms with E-state index < -0.39 is 0 Å². The molecule has 6 heteroatoms. The predicted molar refractivity (Wildman–Crippen MR) is 102 cm³/mol. The lowest BCUT2D eigenvalue weighted by Gasteiger charge is -2.12. The number of hydrogen-bond donors (Lipinski definition) is 1. The number of aryl methyl sites for hydroxylation is 1. The van der Waals surface area contributed by atoms with Gasteiger partial charge in [0.2, 0.25) is 0 Å². The van der Waals surface area contributed by atoms with Crippen molar-refractivity contribution in [3.05, 3.63) is 81.0 Å². The Hall–Kier alpha value is -2.30. The second-order valence-corrected chi connectivity index (χ2v) is 6.57. The third-order valence-corrected chi connectivity index (χ3v) is 5.02. The Morgan fingerprint density at radius 1 is 1.12 bits per heavy atom. The Bertz CT molecular complexity index is 934. The van der Waals surface area contributed by atoms with E-state index in [1.54, 1.807) is 23.0 Å². The summed E-state index contributed by atoms with van der Waals surface area (Å²) in [6.07, 6.45) is 1.64. The highest BCUT2D eigenvalue weighted by atomic mass is 35.5. The average Bonchev–Trinajstić information content (AvgIpc) is 3.01. The maximum Gasteiger partial charge on any atom is 0.257 e. The molecule has 0 bridgehead atoms. The number of anilines is 1. The lowest BCUT2D eigenvalue weighted by molar-refractivity contribution is 0.102. The van der Waals surface area contributed by atoms with Gasteiger partial charge in [-0.05, 0) is 42.7 Å². The topological polar surface area (TPSA) is 46.9 Å². The van der Waals surface area contributed by atoms with Gasteiger partial charge in [-0.25, -0.2) is 4.68 Å². The van der Waals surface area contributed by atoms with E-state index in [0.717, 1.165) is 16.7 Å². The molecule has 128 valence electrons. The van der Waals surface area contributed by atoms with Crippen LogP contribution in [0.3, 0.4) is 0 Å². The van der Waals surface area contributed by atoms with Gasteiger partial charge in [0, 0.05) is 11.6 Å². The normalized spacial score (nSPS) is 10.7. The standard InChI is InChI=1S/C19H17Cl2N3O/c1-12-5-3-7-15(13(12)2)19(25)23-17-9-10-22-24(17)11-14-6-4-8-16(20)18(14)21/h3-10H,11H2,1-2H3,(H,23,25). The van der Waals surface area contributed by atoms with Gasteiger partial charge in [-0.2, -0.15) is 5.10 Å². The molecular formula is C19H17Cl2N3O. The molecule has 25 heavy (non-hydrogen) atoms. The number of carbonyl (C=O) groups is 1. The molecule has 1 heterocycles. The first-order valence-electron chi connectivity index (χ1n) is 7.79. The summed E-state index contributed by atoms with van der Waals surface area (Å²) in [4.78, 5) is 12.6. The number of halogens is 2. The number of aromatic nitrogens is 2. The van der Waals surface area contributed by atoms with Crippen LogP contribution in [0, 0.1) is 13.8 Å². The van der Waals surface area contributed by atoms with Crippen LogP contribution in [0.25, 0.3) is 0 Å². The van der Waals surface area contributed by atoms with Crippen LogP contribution in [0.4, 0.5) is 5.82 Å². The molecule has 1 amide bonds. The fraction of sp³-hybridized carbons (Fsp3) is 0.158. The lowest BCUT2D eigenvalue weighted by atomic mass is 10.0. The number of nitrogens with one attached hydrogen (secondary N) is 1. The SMILES string of the molecule is Cc1cccc(C(=O)Nc2ccnn2Cc2cccc(Cl)c2Cl)c1C. The van der Waals surface area contributed by atoms with Crippen molar-refractivity contribution in [1.29, 1.82) is 0 Å². The third kappa shape index (κ3) is 3.70. The Morgan fingerprint density at radius 3 is 2.68 bits per heavy atom. The van der Waals surface area contributed by atoms with E-state index in [4.69, 9.17) is 23.2 Å². The first kappa shape index (κ1) is 17.5. The number of benzene rings is 2. The van der Waals surface area contributed by atoms with Gasteiger partial charge >= 0.3 is 0 Å². The van der Waals surface area contributed by atoms with E-state index in [-0.39, 0.29) is 5.91 Å². The maximum atomic E-state index is 12.6. The van der Waals surface area contributed by atoms with Gasteiger partial charge in [-0.3, -0.25) is 4.79 Å². The van der Waals surface area contributed by atoms with Gasteiger partial charge in [-0.15, -0.1) is 0 Å². The molecule has 3 rings (SSSR count). The second kappa shape index (κ2) is 7.30. The lowest BCUT2D eigenvalue weighted by Crippen LogP contribution is -2.17. The Kier molecular flexibility index (Phi) is 5.11. The molecule has 4 nitrogen and oxygen atoms in total. The van der Waals surface area contributed by atoms with Crippen molar-refractivity contribution >= 4 is 34.9 Å². The zero-order valence-corrected chi connectivity index (χ0v) is 15.4. The number of rotatable bonds is 4. The zero-order chi connectivity index (χ0) is 18.0. The zero-order valence-electron chi connectivity index (χ0n) is 13.9. The molecule has 2 aromatic carbocycles. The largest absolute Gasteiger partial charge is 0.307 e. The quantitative estimate of drug-likeness (QED) is 0.690. The molecule has 0 saturated heterocycles. The fourth-order valence-electron chi connectivity index (χ4n) is 2.58. The Labute approximate surface area is 156 Å². The van der Waals surface area contributed by atoms with Gasteiger partial charge in [-0.1, -0.05) is 47.5 Å². The summed E-state index contributed by atoms with van der Waals surface area (Å²) >= 11 is 12.3. The minimum atomic E-state index is -0.167. The number of nitrogens with zero attached hydrogens (tertiary/aromatic N) is 2. The first-order valence-corrected chi connectivity index (χ1v) is 8.55. The van der Waals surface area contributed by atoms with Gasteiger partial charge in [0.05, 0.1) is 22.8 Å². The van der Waals surface area contributed by atoms with Crippen LogP contribution in [0.15, 0.2) is 48.7 Å². The number of amides is 1. The number of carbonyl (C=O) groups excluding carboxylic acids is 1. The van der Waals surface area contributed by atoms with Crippen molar-refractivity contribution in [2.24, 2.45) is 0 Å². The molecule has 0 spiro atoms. The van der Waals surface area contributed by atoms with Crippen molar-refractivity contribution in [2.75, 3.05) is 5.32 Å². The Morgan fingerprint density at radius 2 is 1.88 bits per heavy atom. The smallest absolute Gasteiger partial charge is 0.257 e. The fourth-order valence-corrected chi connectivity index (χ4v) is 2.96. The summed E-state index contributed by atoms with van der Waals surface area (Å²) in [6.45, 7) is 4.33. The summed E-state index contributed by atoms with van der Waals surface area (Å²) in [5, 5.41) is 8.17. The summed E-state index contributed by atoms with van der Waals surface area (Å²) in [6, 6.07) is 12.9. The van der Waals surface area contributed by atoms with Crippen molar-refractivity contribution in [3.63, 3.8) is 0 Å². The van der Waals surface area contributed by atoms with Crippen molar-refractivity contribution < 1.29 is 4.79 Å². The van der Waals surface area contributed by atoms with Crippen molar-refractivity contribution in [2.45, 2.75) is 20.4 Å². The van der Waals surface area contributed by atoms with Crippen LogP contribution in [0.5, 0.6) is 0 Å².